The lowest BCUT2D eigenvalue weighted by Crippen LogP contribution is -2.00. The van der Waals surface area contributed by atoms with Gasteiger partial charge in [-0.25, -0.2) is 4.98 Å². The SMILES string of the molecule is N#Cc1ncccc1CS(=O)c1ccc(N)cc1. The van der Waals surface area contributed by atoms with Crippen LogP contribution in [0.15, 0.2) is 47.5 Å². The molecule has 4 nitrogen and oxygen atoms in total. The molecule has 0 aliphatic carbocycles. The Hall–Kier alpha value is -2.19. The van der Waals surface area contributed by atoms with Crippen molar-refractivity contribution in [2.24, 2.45) is 0 Å². The highest BCUT2D eigenvalue weighted by Crippen LogP contribution is 2.15. The van der Waals surface area contributed by atoms with Crippen LogP contribution in [0.2, 0.25) is 0 Å². The Kier molecular flexibility index (Phi) is 3.70. The number of hydrogen-bond acceptors (Lipinski definition) is 4. The van der Waals surface area contributed by atoms with Crippen LogP contribution in [0.1, 0.15) is 11.3 Å². The van der Waals surface area contributed by atoms with Crippen LogP contribution < -0.4 is 5.73 Å². The Labute approximate surface area is 108 Å². The molecule has 0 aliphatic rings. The Bertz CT molecular complexity index is 617. The van der Waals surface area contributed by atoms with Gasteiger partial charge in [0.05, 0.1) is 16.6 Å². The lowest BCUT2D eigenvalue weighted by atomic mass is 10.2. The van der Waals surface area contributed by atoms with E-state index in [1.54, 1.807) is 42.6 Å². The standard InChI is InChI=1S/C13H11N3OS/c14-8-13-10(2-1-7-16-13)9-18(17)12-5-3-11(15)4-6-12/h1-7H,9,15H2. The molecule has 2 N–H and O–H groups in total. The first-order valence-electron chi connectivity index (χ1n) is 5.28. The summed E-state index contributed by atoms with van der Waals surface area (Å²) in [5.41, 5.74) is 7.22. The second kappa shape index (κ2) is 5.43. The smallest absolute Gasteiger partial charge is 0.144 e. The highest BCUT2D eigenvalue weighted by Gasteiger charge is 2.09. The predicted molar refractivity (Wildman–Crippen MR) is 69.9 cm³/mol. The molecule has 0 amide bonds. The molecule has 0 saturated heterocycles. The number of nitrogens with two attached hydrogens (primary N) is 1. The molecule has 2 aromatic rings. The van der Waals surface area contributed by atoms with Crippen LogP contribution in [-0.2, 0) is 16.6 Å². The molecule has 90 valence electrons. The number of nitrogens with zero attached hydrogens (tertiary/aromatic N) is 2. The molecule has 1 heterocycles. The molecule has 5 heteroatoms. The van der Waals surface area contributed by atoms with E-state index in [0.29, 0.717) is 21.8 Å². The third-order valence-electron chi connectivity index (χ3n) is 2.43. The minimum absolute atomic E-state index is 0.278. The van der Waals surface area contributed by atoms with Crippen molar-refractivity contribution in [3.05, 3.63) is 53.9 Å². The van der Waals surface area contributed by atoms with Gasteiger partial charge in [-0.3, -0.25) is 4.21 Å². The van der Waals surface area contributed by atoms with E-state index in [-0.39, 0.29) is 5.75 Å². The molecule has 0 fully saturated rings. The van der Waals surface area contributed by atoms with E-state index >= 15 is 0 Å². The quantitative estimate of drug-likeness (QED) is 0.851. The molecule has 1 aromatic carbocycles. The monoisotopic (exact) mass is 257 g/mol. The van der Waals surface area contributed by atoms with Crippen LogP contribution in [0.3, 0.4) is 0 Å². The van der Waals surface area contributed by atoms with Gasteiger partial charge in [0.2, 0.25) is 0 Å². The van der Waals surface area contributed by atoms with Crippen LogP contribution in [0.5, 0.6) is 0 Å². The number of nitrogen functional groups attached to an aromatic ring is 1. The fourth-order valence-corrected chi connectivity index (χ4v) is 2.62. The summed E-state index contributed by atoms with van der Waals surface area (Å²) in [6.45, 7) is 0. The minimum atomic E-state index is -1.20. The lowest BCUT2D eigenvalue weighted by Gasteiger charge is -2.04. The summed E-state index contributed by atoms with van der Waals surface area (Å²) in [6.07, 6.45) is 1.55. The second-order valence-electron chi connectivity index (χ2n) is 3.68. The highest BCUT2D eigenvalue weighted by molar-refractivity contribution is 7.84. The van der Waals surface area contributed by atoms with E-state index in [4.69, 9.17) is 11.0 Å². The average Bonchev–Trinajstić information content (AvgIpc) is 2.40. The van der Waals surface area contributed by atoms with E-state index in [2.05, 4.69) is 4.98 Å². The summed E-state index contributed by atoms with van der Waals surface area (Å²) in [7, 11) is -1.20. The molecule has 0 saturated carbocycles. The third-order valence-corrected chi connectivity index (χ3v) is 3.80. The number of rotatable bonds is 3. The van der Waals surface area contributed by atoms with Gasteiger partial charge in [0.1, 0.15) is 11.8 Å². The largest absolute Gasteiger partial charge is 0.399 e. The van der Waals surface area contributed by atoms with Crippen LogP contribution in [0.4, 0.5) is 5.69 Å². The molecule has 0 aliphatic heterocycles. The van der Waals surface area contributed by atoms with E-state index in [0.717, 1.165) is 0 Å². The van der Waals surface area contributed by atoms with Crippen LogP contribution in [-0.4, -0.2) is 9.19 Å². The number of aromatic nitrogens is 1. The zero-order valence-electron chi connectivity index (χ0n) is 9.54. The molecule has 2 rings (SSSR count). The lowest BCUT2D eigenvalue weighted by molar-refractivity contribution is 0.682. The van der Waals surface area contributed by atoms with Gasteiger partial charge < -0.3 is 5.73 Å². The Balaban J connectivity index is 2.22. The number of anilines is 1. The predicted octanol–water partition coefficient (Wildman–Crippen LogP) is 1.84. The maximum Gasteiger partial charge on any atom is 0.144 e. The molecule has 0 spiro atoms. The van der Waals surface area contributed by atoms with Crippen LogP contribution in [0, 0.1) is 11.3 Å². The van der Waals surface area contributed by atoms with Gasteiger partial charge in [0.15, 0.2) is 0 Å². The molecule has 1 aromatic heterocycles. The Morgan fingerprint density at radius 2 is 2.00 bits per heavy atom. The Morgan fingerprint density at radius 1 is 1.28 bits per heavy atom. The van der Waals surface area contributed by atoms with Crippen molar-refractivity contribution in [1.82, 2.24) is 4.98 Å². The summed E-state index contributed by atoms with van der Waals surface area (Å²) >= 11 is 0. The molecule has 0 radical (unpaired) electrons. The van der Waals surface area contributed by atoms with Crippen molar-refractivity contribution in [2.75, 3.05) is 5.73 Å². The van der Waals surface area contributed by atoms with Crippen molar-refractivity contribution < 1.29 is 4.21 Å². The van der Waals surface area contributed by atoms with Gasteiger partial charge in [0.25, 0.3) is 0 Å². The number of pyridine rings is 1. The first-order chi connectivity index (χ1) is 8.70. The second-order valence-corrected chi connectivity index (χ2v) is 5.13. The zero-order valence-corrected chi connectivity index (χ0v) is 10.4. The van der Waals surface area contributed by atoms with Gasteiger partial charge in [-0.1, -0.05) is 6.07 Å². The number of benzene rings is 1. The molecular formula is C13H11N3OS. The van der Waals surface area contributed by atoms with Gasteiger partial charge in [-0.2, -0.15) is 5.26 Å². The topological polar surface area (TPSA) is 79.8 Å². The molecule has 1 unspecified atom stereocenters. The molecule has 18 heavy (non-hydrogen) atoms. The summed E-state index contributed by atoms with van der Waals surface area (Å²) in [6, 6.07) is 12.4. The van der Waals surface area contributed by atoms with Crippen molar-refractivity contribution in [2.45, 2.75) is 10.6 Å². The molecule has 1 atom stereocenters. The van der Waals surface area contributed by atoms with E-state index in [1.165, 1.54) is 0 Å². The van der Waals surface area contributed by atoms with Crippen molar-refractivity contribution in [3.8, 4) is 6.07 Å². The fraction of sp³-hybridized carbons (Fsp3) is 0.0769. The maximum atomic E-state index is 12.1. The van der Waals surface area contributed by atoms with E-state index < -0.39 is 10.8 Å². The average molecular weight is 257 g/mol. The fourth-order valence-electron chi connectivity index (χ4n) is 1.50. The van der Waals surface area contributed by atoms with Crippen LogP contribution >= 0.6 is 0 Å². The highest BCUT2D eigenvalue weighted by atomic mass is 32.2. The van der Waals surface area contributed by atoms with E-state index in [9.17, 15) is 4.21 Å². The first kappa shape index (κ1) is 12.3. The van der Waals surface area contributed by atoms with Crippen molar-refractivity contribution in [1.29, 1.82) is 5.26 Å². The molecular weight excluding hydrogens is 246 g/mol. The summed E-state index contributed by atoms with van der Waals surface area (Å²) in [5, 5.41) is 8.91. The van der Waals surface area contributed by atoms with Gasteiger partial charge in [-0.15, -0.1) is 0 Å². The molecule has 0 bridgehead atoms. The number of hydrogen-bond donors (Lipinski definition) is 1. The van der Waals surface area contributed by atoms with Gasteiger partial charge in [-0.05, 0) is 30.3 Å². The van der Waals surface area contributed by atoms with Gasteiger partial charge >= 0.3 is 0 Å². The first-order valence-corrected chi connectivity index (χ1v) is 6.60. The zero-order chi connectivity index (χ0) is 13.0. The Morgan fingerprint density at radius 3 is 2.67 bits per heavy atom. The van der Waals surface area contributed by atoms with Crippen molar-refractivity contribution in [3.63, 3.8) is 0 Å². The number of nitriles is 1. The van der Waals surface area contributed by atoms with E-state index in [1.807, 2.05) is 6.07 Å². The summed E-state index contributed by atoms with van der Waals surface area (Å²) in [5.74, 6) is 0.278. The minimum Gasteiger partial charge on any atom is -0.399 e. The van der Waals surface area contributed by atoms with Crippen LogP contribution in [0.25, 0.3) is 0 Å². The normalized spacial score (nSPS) is 11.7. The van der Waals surface area contributed by atoms with Gasteiger partial charge in [0, 0.05) is 22.3 Å². The van der Waals surface area contributed by atoms with Crippen molar-refractivity contribution >= 4 is 16.5 Å². The maximum absolute atomic E-state index is 12.1. The summed E-state index contributed by atoms with van der Waals surface area (Å²) in [4.78, 5) is 4.63. The third kappa shape index (κ3) is 2.73. The summed E-state index contributed by atoms with van der Waals surface area (Å²) < 4.78 is 12.1.